The molecule has 15 heavy (non-hydrogen) atoms. The fourth-order valence-corrected chi connectivity index (χ4v) is 2.13. The van der Waals surface area contributed by atoms with E-state index in [-0.39, 0.29) is 12.2 Å². The first kappa shape index (κ1) is 10.4. The van der Waals surface area contributed by atoms with Gasteiger partial charge in [0.15, 0.2) is 11.7 Å². The van der Waals surface area contributed by atoms with Crippen LogP contribution in [0.1, 0.15) is 21.9 Å². The van der Waals surface area contributed by atoms with Crippen molar-refractivity contribution in [2.45, 2.75) is 13.3 Å². The fraction of sp³-hybridized carbons (Fsp3) is 0.200. The van der Waals surface area contributed by atoms with E-state index in [0.717, 1.165) is 5.56 Å². The zero-order valence-corrected chi connectivity index (χ0v) is 9.56. The van der Waals surface area contributed by atoms with Gasteiger partial charge in [0.2, 0.25) is 0 Å². The Hall–Kier alpha value is -1.13. The Balaban J connectivity index is 2.14. The molecule has 0 bridgehead atoms. The van der Waals surface area contributed by atoms with Crippen molar-refractivity contribution in [1.82, 2.24) is 4.98 Å². The Morgan fingerprint density at radius 3 is 3.00 bits per heavy atom. The van der Waals surface area contributed by atoms with Crippen LogP contribution in [-0.2, 0) is 6.42 Å². The van der Waals surface area contributed by atoms with E-state index in [4.69, 9.17) is 16.0 Å². The second-order valence-electron chi connectivity index (χ2n) is 3.07. The van der Waals surface area contributed by atoms with Crippen LogP contribution in [0.15, 0.2) is 22.1 Å². The average molecular weight is 242 g/mol. The molecule has 78 valence electrons. The minimum Gasteiger partial charge on any atom is -0.449 e. The number of Topliss-reactive ketones (excluding diaryl/α,β-unsaturated/α-hetero) is 1. The number of oxazole rings is 1. The Morgan fingerprint density at radius 2 is 2.47 bits per heavy atom. The highest BCUT2D eigenvalue weighted by Gasteiger charge is 2.13. The van der Waals surface area contributed by atoms with E-state index in [1.54, 1.807) is 6.92 Å². The molecule has 3 nitrogen and oxygen atoms in total. The maximum atomic E-state index is 11.7. The minimum atomic E-state index is -0.0767. The molecule has 0 saturated carbocycles. The molecule has 2 aromatic rings. The molecule has 0 radical (unpaired) electrons. The predicted molar refractivity (Wildman–Crippen MR) is 58.6 cm³/mol. The second kappa shape index (κ2) is 4.16. The molecule has 0 aromatic carbocycles. The summed E-state index contributed by atoms with van der Waals surface area (Å²) in [5.74, 6) is 0.418. The van der Waals surface area contributed by atoms with Crippen LogP contribution in [0.5, 0.6) is 0 Å². The highest BCUT2D eigenvalue weighted by atomic mass is 35.5. The molecule has 0 spiro atoms. The van der Waals surface area contributed by atoms with Crippen LogP contribution in [0, 0.1) is 6.92 Å². The normalized spacial score (nSPS) is 10.5. The van der Waals surface area contributed by atoms with Crippen molar-refractivity contribution in [1.29, 1.82) is 0 Å². The number of carbonyl (C=O) groups is 1. The van der Waals surface area contributed by atoms with Crippen LogP contribution in [0.2, 0.25) is 4.34 Å². The summed E-state index contributed by atoms with van der Waals surface area (Å²) in [5.41, 5.74) is 1.20. The molecule has 0 aliphatic rings. The van der Waals surface area contributed by atoms with Gasteiger partial charge < -0.3 is 4.42 Å². The van der Waals surface area contributed by atoms with E-state index in [1.807, 2.05) is 11.4 Å². The number of hydrogen-bond donors (Lipinski definition) is 0. The van der Waals surface area contributed by atoms with Gasteiger partial charge in [0.05, 0.1) is 4.34 Å². The highest BCUT2D eigenvalue weighted by molar-refractivity contribution is 7.14. The van der Waals surface area contributed by atoms with Gasteiger partial charge in [-0.3, -0.25) is 4.79 Å². The van der Waals surface area contributed by atoms with Crippen molar-refractivity contribution in [3.05, 3.63) is 39.2 Å². The lowest BCUT2D eigenvalue weighted by Crippen LogP contribution is -2.03. The molecule has 2 aromatic heterocycles. The Kier molecular flexibility index (Phi) is 2.88. The lowest BCUT2D eigenvalue weighted by Gasteiger charge is -1.94. The number of rotatable bonds is 3. The Morgan fingerprint density at radius 1 is 1.67 bits per heavy atom. The number of nitrogens with zero attached hydrogens (tertiary/aromatic N) is 1. The third kappa shape index (κ3) is 2.27. The molecule has 2 rings (SSSR count). The molecule has 5 heteroatoms. The maximum absolute atomic E-state index is 11.7. The summed E-state index contributed by atoms with van der Waals surface area (Å²) < 4.78 is 5.63. The number of carbonyl (C=O) groups excluding carboxylic acids is 1. The summed E-state index contributed by atoms with van der Waals surface area (Å²) in [5, 5.41) is 1.86. The molecule has 0 N–H and O–H groups in total. The standard InChI is InChI=1S/C10H8ClNO2S/c1-6-12-8(5-14-6)9(13)4-7-2-3-15-10(7)11/h2-3,5H,4H2,1H3. The zero-order chi connectivity index (χ0) is 10.8. The first-order valence-corrected chi connectivity index (χ1v) is 5.60. The van der Waals surface area contributed by atoms with Crippen LogP contribution in [-0.4, -0.2) is 10.8 Å². The van der Waals surface area contributed by atoms with Crippen LogP contribution >= 0.6 is 22.9 Å². The first-order valence-electron chi connectivity index (χ1n) is 4.34. The van der Waals surface area contributed by atoms with Crippen LogP contribution in [0.25, 0.3) is 0 Å². The predicted octanol–water partition coefficient (Wildman–Crippen LogP) is 3.12. The smallest absolute Gasteiger partial charge is 0.191 e. The summed E-state index contributed by atoms with van der Waals surface area (Å²) in [6.07, 6.45) is 1.65. The molecule has 0 amide bonds. The van der Waals surface area contributed by atoms with Gasteiger partial charge in [-0.25, -0.2) is 4.98 Å². The molecule has 0 aliphatic heterocycles. The van der Waals surface area contributed by atoms with Gasteiger partial charge in [0, 0.05) is 13.3 Å². The van der Waals surface area contributed by atoms with Crippen molar-refractivity contribution in [3.63, 3.8) is 0 Å². The van der Waals surface area contributed by atoms with E-state index in [0.29, 0.717) is 15.9 Å². The van der Waals surface area contributed by atoms with Crippen LogP contribution in [0.3, 0.4) is 0 Å². The quantitative estimate of drug-likeness (QED) is 0.776. The zero-order valence-electron chi connectivity index (χ0n) is 7.99. The summed E-state index contributed by atoms with van der Waals surface area (Å²) in [7, 11) is 0. The summed E-state index contributed by atoms with van der Waals surface area (Å²) >= 11 is 7.32. The van der Waals surface area contributed by atoms with E-state index in [1.165, 1.54) is 17.6 Å². The number of thiophene rings is 1. The third-order valence-electron chi connectivity index (χ3n) is 1.95. The Labute approximate surface area is 95.7 Å². The third-order valence-corrected chi connectivity index (χ3v) is 3.20. The van der Waals surface area contributed by atoms with Crippen molar-refractivity contribution in [2.75, 3.05) is 0 Å². The molecule has 0 aliphatic carbocycles. The van der Waals surface area contributed by atoms with E-state index in [2.05, 4.69) is 4.98 Å². The molecular formula is C10H8ClNO2S. The monoisotopic (exact) mass is 241 g/mol. The molecule has 0 atom stereocenters. The van der Waals surface area contributed by atoms with Crippen LogP contribution < -0.4 is 0 Å². The van der Waals surface area contributed by atoms with Gasteiger partial charge in [-0.15, -0.1) is 11.3 Å². The lowest BCUT2D eigenvalue weighted by atomic mass is 10.1. The fourth-order valence-electron chi connectivity index (χ4n) is 1.20. The average Bonchev–Trinajstić information content (AvgIpc) is 2.77. The topological polar surface area (TPSA) is 43.1 Å². The van der Waals surface area contributed by atoms with Gasteiger partial charge in [-0.05, 0) is 17.0 Å². The van der Waals surface area contributed by atoms with Gasteiger partial charge >= 0.3 is 0 Å². The van der Waals surface area contributed by atoms with Crippen LogP contribution in [0.4, 0.5) is 0 Å². The lowest BCUT2D eigenvalue weighted by molar-refractivity contribution is 0.0988. The SMILES string of the molecule is Cc1nc(C(=O)Cc2ccsc2Cl)co1. The highest BCUT2D eigenvalue weighted by Crippen LogP contribution is 2.23. The molecule has 0 unspecified atom stereocenters. The van der Waals surface area contributed by atoms with Gasteiger partial charge in [-0.2, -0.15) is 0 Å². The van der Waals surface area contributed by atoms with Gasteiger partial charge in [-0.1, -0.05) is 11.6 Å². The molecule has 0 fully saturated rings. The molecule has 2 heterocycles. The maximum Gasteiger partial charge on any atom is 0.191 e. The molecule has 0 saturated heterocycles. The van der Waals surface area contributed by atoms with Crippen molar-refractivity contribution in [3.8, 4) is 0 Å². The summed E-state index contributed by atoms with van der Waals surface area (Å²) in [6.45, 7) is 1.70. The number of hydrogen-bond acceptors (Lipinski definition) is 4. The van der Waals surface area contributed by atoms with E-state index >= 15 is 0 Å². The largest absolute Gasteiger partial charge is 0.449 e. The Bertz CT molecular complexity index is 489. The van der Waals surface area contributed by atoms with Gasteiger partial charge in [0.1, 0.15) is 12.0 Å². The van der Waals surface area contributed by atoms with Gasteiger partial charge in [0.25, 0.3) is 0 Å². The van der Waals surface area contributed by atoms with E-state index in [9.17, 15) is 4.79 Å². The van der Waals surface area contributed by atoms with Crippen molar-refractivity contribution >= 4 is 28.7 Å². The number of aromatic nitrogens is 1. The molecular weight excluding hydrogens is 234 g/mol. The first-order chi connectivity index (χ1) is 7.16. The number of aryl methyl sites for hydroxylation is 1. The minimum absolute atomic E-state index is 0.0767. The van der Waals surface area contributed by atoms with Crippen molar-refractivity contribution in [2.24, 2.45) is 0 Å². The van der Waals surface area contributed by atoms with Crippen molar-refractivity contribution < 1.29 is 9.21 Å². The number of ketones is 1. The van der Waals surface area contributed by atoms with E-state index < -0.39 is 0 Å². The summed E-state index contributed by atoms with van der Waals surface area (Å²) in [6, 6.07) is 1.85. The summed E-state index contributed by atoms with van der Waals surface area (Å²) in [4.78, 5) is 15.7. The number of halogens is 1. The second-order valence-corrected chi connectivity index (χ2v) is 4.59.